The van der Waals surface area contributed by atoms with Crippen molar-refractivity contribution in [2.24, 2.45) is 0 Å². The molecule has 0 spiro atoms. The third-order valence-electron chi connectivity index (χ3n) is 3.09. The van der Waals surface area contributed by atoms with E-state index in [2.05, 4.69) is 4.74 Å². The highest BCUT2D eigenvalue weighted by Crippen LogP contribution is 2.30. The number of halogens is 3. The Morgan fingerprint density at radius 3 is 2.26 bits per heavy atom. The van der Waals surface area contributed by atoms with E-state index in [0.29, 0.717) is 0 Å². The molecule has 0 radical (unpaired) electrons. The number of ether oxygens (including phenoxy) is 1. The first-order valence-corrected chi connectivity index (χ1v) is 6.63. The van der Waals surface area contributed by atoms with E-state index < -0.39 is 41.2 Å². The largest absolute Gasteiger partial charge is 0.461 e. The molecule has 1 rings (SSSR count). The van der Waals surface area contributed by atoms with Crippen LogP contribution in [0.1, 0.15) is 24.8 Å². The summed E-state index contributed by atoms with van der Waals surface area (Å²) in [6, 6.07) is 5.00. The summed E-state index contributed by atoms with van der Waals surface area (Å²) in [7, 11) is 0. The number of Topliss-reactive ketones (excluding diaryl/α,β-unsaturated/α-hetero) is 1. The van der Waals surface area contributed by atoms with Crippen LogP contribution in [0.3, 0.4) is 0 Å². The number of carbonyl (C=O) groups excluding carboxylic acids is 2. The SMILES string of the molecule is CCOC(=O)C(C(CC(=O)C(F)(F)F)c1ccccc1)[N+](=O)[O-]. The van der Waals surface area contributed by atoms with E-state index in [1.807, 2.05) is 0 Å². The van der Waals surface area contributed by atoms with Crippen molar-refractivity contribution >= 4 is 11.8 Å². The Morgan fingerprint density at radius 1 is 1.26 bits per heavy atom. The number of alkyl halides is 3. The lowest BCUT2D eigenvalue weighted by molar-refractivity contribution is -0.514. The van der Waals surface area contributed by atoms with Crippen LogP contribution < -0.4 is 0 Å². The van der Waals surface area contributed by atoms with Crippen LogP contribution >= 0.6 is 0 Å². The van der Waals surface area contributed by atoms with Crippen LogP contribution in [0.15, 0.2) is 30.3 Å². The van der Waals surface area contributed by atoms with Crippen LogP contribution in [0.25, 0.3) is 0 Å². The summed E-state index contributed by atoms with van der Waals surface area (Å²) in [5.41, 5.74) is 0.0832. The smallest absolute Gasteiger partial charge is 0.449 e. The van der Waals surface area contributed by atoms with Crippen LogP contribution in [0.4, 0.5) is 13.2 Å². The predicted octanol–water partition coefficient (Wildman–Crippen LogP) is 2.50. The van der Waals surface area contributed by atoms with Gasteiger partial charge in [0.1, 0.15) is 0 Å². The highest BCUT2D eigenvalue weighted by molar-refractivity contribution is 5.86. The lowest BCUT2D eigenvalue weighted by Crippen LogP contribution is -2.39. The second-order valence-corrected chi connectivity index (χ2v) is 4.62. The number of hydrogen-bond acceptors (Lipinski definition) is 5. The van der Waals surface area contributed by atoms with Crippen molar-refractivity contribution in [3.05, 3.63) is 46.0 Å². The molecule has 0 saturated heterocycles. The van der Waals surface area contributed by atoms with Crippen molar-refractivity contribution in [3.8, 4) is 0 Å². The topological polar surface area (TPSA) is 86.5 Å². The molecular formula is C14H14F3NO5. The van der Waals surface area contributed by atoms with E-state index in [0.717, 1.165) is 0 Å². The molecular weight excluding hydrogens is 319 g/mol. The van der Waals surface area contributed by atoms with Gasteiger partial charge in [-0.3, -0.25) is 14.9 Å². The monoisotopic (exact) mass is 333 g/mol. The molecule has 2 atom stereocenters. The summed E-state index contributed by atoms with van der Waals surface area (Å²) in [6.45, 7) is 1.24. The van der Waals surface area contributed by atoms with Crippen molar-refractivity contribution < 1.29 is 32.4 Å². The summed E-state index contributed by atoms with van der Waals surface area (Å²) >= 11 is 0. The van der Waals surface area contributed by atoms with Crippen LogP contribution in [0, 0.1) is 10.1 Å². The number of ketones is 1. The second-order valence-electron chi connectivity index (χ2n) is 4.62. The molecule has 126 valence electrons. The third kappa shape index (κ3) is 5.04. The Balaban J connectivity index is 3.23. The number of esters is 1. The predicted molar refractivity (Wildman–Crippen MR) is 72.3 cm³/mol. The van der Waals surface area contributed by atoms with Gasteiger partial charge in [0.2, 0.25) is 5.78 Å². The highest BCUT2D eigenvalue weighted by atomic mass is 19.4. The molecule has 0 heterocycles. The minimum atomic E-state index is -5.14. The van der Waals surface area contributed by atoms with E-state index in [-0.39, 0.29) is 12.2 Å². The number of carbonyl (C=O) groups is 2. The van der Waals surface area contributed by atoms with Crippen molar-refractivity contribution in [2.75, 3.05) is 6.61 Å². The number of hydrogen-bond donors (Lipinski definition) is 0. The lowest BCUT2D eigenvalue weighted by atomic mass is 9.87. The molecule has 0 aliphatic carbocycles. The van der Waals surface area contributed by atoms with Gasteiger partial charge in [-0.25, -0.2) is 4.79 Å². The number of nitrogens with zero attached hydrogens (tertiary/aromatic N) is 1. The number of benzene rings is 1. The maximum atomic E-state index is 12.5. The minimum Gasteiger partial charge on any atom is -0.461 e. The van der Waals surface area contributed by atoms with E-state index in [1.165, 1.54) is 31.2 Å². The van der Waals surface area contributed by atoms with Gasteiger partial charge in [-0.2, -0.15) is 13.2 Å². The highest BCUT2D eigenvalue weighted by Gasteiger charge is 2.47. The minimum absolute atomic E-state index is 0.0832. The van der Waals surface area contributed by atoms with Gasteiger partial charge in [0.25, 0.3) is 0 Å². The summed E-state index contributed by atoms with van der Waals surface area (Å²) in [5.74, 6) is -4.98. The molecule has 9 heteroatoms. The molecule has 0 aromatic heterocycles. The van der Waals surface area contributed by atoms with Crippen molar-refractivity contribution in [1.82, 2.24) is 0 Å². The van der Waals surface area contributed by atoms with Gasteiger partial charge in [0.15, 0.2) is 0 Å². The van der Waals surface area contributed by atoms with Crippen LogP contribution in [-0.2, 0) is 14.3 Å². The summed E-state index contributed by atoms with van der Waals surface area (Å²) < 4.78 is 42.1. The fourth-order valence-electron chi connectivity index (χ4n) is 2.05. The van der Waals surface area contributed by atoms with Crippen molar-refractivity contribution in [3.63, 3.8) is 0 Å². The molecule has 1 aromatic rings. The normalized spacial score (nSPS) is 13.9. The Labute approximate surface area is 129 Å². The lowest BCUT2D eigenvalue weighted by Gasteiger charge is -2.20. The fraction of sp³-hybridized carbons (Fsp3) is 0.429. The molecule has 0 aliphatic heterocycles. The third-order valence-corrected chi connectivity index (χ3v) is 3.09. The summed E-state index contributed by atoms with van der Waals surface area (Å²) in [5, 5.41) is 11.2. The average molecular weight is 333 g/mol. The van der Waals surface area contributed by atoms with Gasteiger partial charge >= 0.3 is 18.2 Å². The quantitative estimate of drug-likeness (QED) is 0.435. The van der Waals surface area contributed by atoms with E-state index in [4.69, 9.17) is 0 Å². The van der Waals surface area contributed by atoms with Gasteiger partial charge in [-0.05, 0) is 12.5 Å². The summed E-state index contributed by atoms with van der Waals surface area (Å²) in [4.78, 5) is 33.2. The standard InChI is InChI=1S/C14H14F3NO5/c1-2-23-13(20)12(18(21)22)10(8-11(19)14(15,16)17)9-6-4-3-5-7-9/h3-7,10,12H,2,8H2,1H3. The second kappa shape index (κ2) is 7.70. The van der Waals surface area contributed by atoms with Gasteiger partial charge in [-0.1, -0.05) is 30.3 Å². The average Bonchev–Trinajstić information content (AvgIpc) is 2.46. The molecule has 2 unspecified atom stereocenters. The van der Waals surface area contributed by atoms with Gasteiger partial charge in [-0.15, -0.1) is 0 Å². The first-order chi connectivity index (χ1) is 10.7. The first-order valence-electron chi connectivity index (χ1n) is 6.63. The maximum absolute atomic E-state index is 12.5. The number of nitro groups is 1. The Morgan fingerprint density at radius 2 is 1.83 bits per heavy atom. The molecule has 0 aliphatic rings. The van der Waals surface area contributed by atoms with Gasteiger partial charge < -0.3 is 4.74 Å². The van der Waals surface area contributed by atoms with Crippen molar-refractivity contribution in [1.29, 1.82) is 0 Å². The Kier molecular flexibility index (Phi) is 6.23. The molecule has 0 N–H and O–H groups in total. The van der Waals surface area contributed by atoms with E-state index >= 15 is 0 Å². The van der Waals surface area contributed by atoms with E-state index in [9.17, 15) is 32.9 Å². The fourth-order valence-corrected chi connectivity index (χ4v) is 2.05. The molecule has 1 aromatic carbocycles. The molecule has 0 saturated carbocycles. The van der Waals surface area contributed by atoms with Crippen LogP contribution in [0.2, 0.25) is 0 Å². The zero-order valence-electron chi connectivity index (χ0n) is 12.1. The summed E-state index contributed by atoms with van der Waals surface area (Å²) in [6.07, 6.45) is -6.35. The van der Waals surface area contributed by atoms with Gasteiger partial charge in [0.05, 0.1) is 12.5 Å². The zero-order valence-corrected chi connectivity index (χ0v) is 12.1. The van der Waals surface area contributed by atoms with Crippen LogP contribution in [-0.4, -0.2) is 35.5 Å². The van der Waals surface area contributed by atoms with E-state index in [1.54, 1.807) is 6.07 Å². The Hall–Kier alpha value is -2.45. The molecule has 6 nitrogen and oxygen atoms in total. The molecule has 0 fully saturated rings. The van der Waals surface area contributed by atoms with Crippen molar-refractivity contribution in [2.45, 2.75) is 31.5 Å². The zero-order chi connectivity index (χ0) is 17.6. The van der Waals surface area contributed by atoms with Crippen LogP contribution in [0.5, 0.6) is 0 Å². The Bertz CT molecular complexity index is 574. The molecule has 0 bridgehead atoms. The number of rotatable bonds is 7. The molecule has 0 amide bonds. The molecule has 23 heavy (non-hydrogen) atoms. The first kappa shape index (κ1) is 18.6. The van der Waals surface area contributed by atoms with Gasteiger partial charge in [0, 0.05) is 11.3 Å². The maximum Gasteiger partial charge on any atom is 0.449 e.